The number of likely N-dealkylation sites (tertiary alicyclic amines) is 1. The molecule has 1 saturated carbocycles. The summed E-state index contributed by atoms with van der Waals surface area (Å²) in [5.74, 6) is -0.612. The van der Waals surface area contributed by atoms with E-state index >= 15 is 0 Å². The van der Waals surface area contributed by atoms with E-state index in [2.05, 4.69) is 10.3 Å². The molecule has 4 atom stereocenters. The molecule has 3 heterocycles. The molecule has 2 saturated heterocycles. The topological polar surface area (TPSA) is 94.7 Å². The van der Waals surface area contributed by atoms with Gasteiger partial charge >= 0.3 is 0 Å². The van der Waals surface area contributed by atoms with Crippen molar-refractivity contribution in [3.05, 3.63) is 46.0 Å². The van der Waals surface area contributed by atoms with Crippen LogP contribution in [0.5, 0.6) is 0 Å². The van der Waals surface area contributed by atoms with Crippen LogP contribution in [0, 0.1) is 17.7 Å². The monoisotopic (exact) mass is 442 g/mol. The molecular formula is C23H27FN4O4. The first kappa shape index (κ1) is 21.1. The number of hydrogen-bond acceptors (Lipinski definition) is 5. The van der Waals surface area contributed by atoms with Crippen molar-refractivity contribution in [2.75, 3.05) is 39.9 Å². The van der Waals surface area contributed by atoms with Gasteiger partial charge in [-0.15, -0.1) is 0 Å². The van der Waals surface area contributed by atoms with Gasteiger partial charge in [-0.25, -0.2) is 4.39 Å². The molecule has 3 aliphatic rings. The van der Waals surface area contributed by atoms with Crippen LogP contribution in [0.15, 0.2) is 29.2 Å². The SMILES string of the molecule is CN1CCOC[C@H]1C(=O)N1C[C@H]2CC[C@@H](C1)C2NC(=O)c1c[nH]c2c(F)cccc2c1=O. The van der Waals surface area contributed by atoms with E-state index in [-0.39, 0.29) is 46.3 Å². The Bertz CT molecular complexity index is 1100. The number of halogens is 1. The molecule has 1 aromatic heterocycles. The van der Waals surface area contributed by atoms with Gasteiger partial charge in [-0.2, -0.15) is 0 Å². The minimum Gasteiger partial charge on any atom is -0.378 e. The lowest BCUT2D eigenvalue weighted by atomic mass is 9.91. The number of benzene rings is 1. The molecule has 1 aliphatic carbocycles. The highest BCUT2D eigenvalue weighted by molar-refractivity contribution is 5.97. The van der Waals surface area contributed by atoms with E-state index in [9.17, 15) is 18.8 Å². The Morgan fingerprint density at radius 3 is 2.69 bits per heavy atom. The number of carbonyl (C=O) groups excluding carboxylic acids is 2. The number of para-hydroxylation sites is 1. The van der Waals surface area contributed by atoms with Crippen molar-refractivity contribution in [2.45, 2.75) is 24.9 Å². The number of hydrogen-bond donors (Lipinski definition) is 2. The number of carbonyl (C=O) groups is 2. The summed E-state index contributed by atoms with van der Waals surface area (Å²) in [5, 5.41) is 3.19. The second-order valence-corrected chi connectivity index (χ2v) is 9.11. The quantitative estimate of drug-likeness (QED) is 0.739. The standard InChI is InChI=1S/C23H27FN4O4/c1-27-7-8-32-12-18(27)23(31)28-10-13-5-6-14(11-28)19(13)26-22(30)16-9-25-20-15(21(16)29)3-2-4-17(20)24/h2-4,9,13-14,18-19H,5-8,10-12H2,1H3,(H,25,29)(H,26,30)/t13-,14+,18-,19?/m0/s1. The summed E-state index contributed by atoms with van der Waals surface area (Å²) in [5.41, 5.74) is -0.421. The minimum atomic E-state index is -0.532. The maximum Gasteiger partial charge on any atom is 0.257 e. The van der Waals surface area contributed by atoms with Crippen molar-refractivity contribution < 1.29 is 18.7 Å². The third-order valence-electron chi connectivity index (χ3n) is 7.23. The number of aromatic nitrogens is 1. The van der Waals surface area contributed by atoms with Crippen molar-refractivity contribution in [1.29, 1.82) is 0 Å². The summed E-state index contributed by atoms with van der Waals surface area (Å²) in [4.78, 5) is 45.5. The molecule has 3 fully saturated rings. The Morgan fingerprint density at radius 2 is 1.97 bits per heavy atom. The number of fused-ring (bicyclic) bond motifs is 3. The van der Waals surface area contributed by atoms with Crippen LogP contribution in [0.25, 0.3) is 10.9 Å². The van der Waals surface area contributed by atoms with E-state index in [0.717, 1.165) is 19.4 Å². The van der Waals surface area contributed by atoms with E-state index in [1.54, 1.807) is 0 Å². The Morgan fingerprint density at radius 1 is 1.22 bits per heavy atom. The molecule has 0 radical (unpaired) electrons. The number of ether oxygens (including phenoxy) is 1. The van der Waals surface area contributed by atoms with E-state index < -0.39 is 17.2 Å². The average Bonchev–Trinajstić information content (AvgIpc) is 3.01. The van der Waals surface area contributed by atoms with Crippen LogP contribution in [-0.4, -0.2) is 78.6 Å². The Balaban J connectivity index is 1.30. The Hall–Kier alpha value is -2.78. The fourth-order valence-electron chi connectivity index (χ4n) is 5.41. The van der Waals surface area contributed by atoms with Gasteiger partial charge < -0.3 is 19.9 Å². The van der Waals surface area contributed by atoms with E-state index in [4.69, 9.17) is 4.74 Å². The zero-order valence-corrected chi connectivity index (χ0v) is 18.0. The Labute approximate surface area is 184 Å². The number of rotatable bonds is 3. The lowest BCUT2D eigenvalue weighted by Crippen LogP contribution is -2.59. The van der Waals surface area contributed by atoms with Crippen molar-refractivity contribution in [1.82, 2.24) is 20.1 Å². The molecule has 1 unspecified atom stereocenters. The van der Waals surface area contributed by atoms with Crippen LogP contribution in [0.3, 0.4) is 0 Å². The van der Waals surface area contributed by atoms with Crippen molar-refractivity contribution in [3.8, 4) is 0 Å². The molecular weight excluding hydrogens is 415 g/mol. The smallest absolute Gasteiger partial charge is 0.257 e. The Kier molecular flexibility index (Phi) is 5.46. The average molecular weight is 442 g/mol. The van der Waals surface area contributed by atoms with Crippen molar-refractivity contribution in [2.24, 2.45) is 11.8 Å². The first-order valence-electron chi connectivity index (χ1n) is 11.1. The van der Waals surface area contributed by atoms with Gasteiger partial charge in [0.05, 0.1) is 18.7 Å². The van der Waals surface area contributed by atoms with Crippen LogP contribution >= 0.6 is 0 Å². The molecule has 0 spiro atoms. The highest BCUT2D eigenvalue weighted by Crippen LogP contribution is 2.37. The molecule has 2 aliphatic heterocycles. The first-order chi connectivity index (χ1) is 15.4. The number of pyridine rings is 1. The van der Waals surface area contributed by atoms with Gasteiger partial charge in [0.25, 0.3) is 5.91 Å². The first-order valence-corrected chi connectivity index (χ1v) is 11.1. The zero-order valence-electron chi connectivity index (χ0n) is 18.0. The third kappa shape index (κ3) is 3.59. The van der Waals surface area contributed by atoms with Gasteiger partial charge in [0.2, 0.25) is 11.3 Å². The van der Waals surface area contributed by atoms with Crippen LogP contribution in [0.1, 0.15) is 23.2 Å². The number of piperidine rings is 1. The van der Waals surface area contributed by atoms with Crippen molar-refractivity contribution in [3.63, 3.8) is 0 Å². The summed E-state index contributed by atoms with van der Waals surface area (Å²) >= 11 is 0. The zero-order chi connectivity index (χ0) is 22.4. The van der Waals surface area contributed by atoms with Crippen molar-refractivity contribution >= 4 is 22.7 Å². The largest absolute Gasteiger partial charge is 0.378 e. The fourth-order valence-corrected chi connectivity index (χ4v) is 5.41. The number of likely N-dealkylation sites (N-methyl/N-ethyl adjacent to an activating group) is 1. The molecule has 32 heavy (non-hydrogen) atoms. The maximum absolute atomic E-state index is 13.9. The summed E-state index contributed by atoms with van der Waals surface area (Å²) in [6.45, 7) is 2.96. The summed E-state index contributed by atoms with van der Waals surface area (Å²) in [7, 11) is 1.94. The minimum absolute atomic E-state index is 0.0259. The molecule has 2 aromatic rings. The van der Waals surface area contributed by atoms with Gasteiger partial charge in [0.15, 0.2) is 0 Å². The molecule has 2 N–H and O–H groups in total. The van der Waals surface area contributed by atoms with Crippen LogP contribution < -0.4 is 10.7 Å². The fraction of sp³-hybridized carbons (Fsp3) is 0.522. The summed E-state index contributed by atoms with van der Waals surface area (Å²) in [6.07, 6.45) is 3.13. The normalized spacial score (nSPS) is 28.1. The molecule has 2 amide bonds. The lowest BCUT2D eigenvalue weighted by molar-refractivity contribution is -0.144. The second kappa shape index (κ2) is 8.29. The van der Waals surface area contributed by atoms with Gasteiger partial charge in [-0.1, -0.05) is 6.07 Å². The highest BCUT2D eigenvalue weighted by atomic mass is 19.1. The van der Waals surface area contributed by atoms with Crippen LogP contribution in [0.4, 0.5) is 4.39 Å². The molecule has 8 nitrogen and oxygen atoms in total. The van der Waals surface area contributed by atoms with E-state index in [1.165, 1.54) is 24.4 Å². The van der Waals surface area contributed by atoms with Gasteiger partial charge in [-0.05, 0) is 43.9 Å². The predicted octanol–water partition coefficient (Wildman–Crippen LogP) is 0.965. The molecule has 170 valence electrons. The van der Waals surface area contributed by atoms with Gasteiger partial charge in [0.1, 0.15) is 17.4 Å². The summed E-state index contributed by atoms with van der Waals surface area (Å²) < 4.78 is 19.4. The maximum atomic E-state index is 13.9. The van der Waals surface area contributed by atoms with Gasteiger partial charge in [-0.3, -0.25) is 19.3 Å². The summed E-state index contributed by atoms with van der Waals surface area (Å²) in [6, 6.07) is 3.88. The predicted molar refractivity (Wildman–Crippen MR) is 116 cm³/mol. The number of morpholine rings is 1. The number of amides is 2. The third-order valence-corrected chi connectivity index (χ3v) is 7.23. The number of H-pyrrole nitrogens is 1. The molecule has 2 bridgehead atoms. The molecule has 1 aromatic carbocycles. The number of aromatic amines is 1. The second-order valence-electron chi connectivity index (χ2n) is 9.11. The van der Waals surface area contributed by atoms with E-state index in [0.29, 0.717) is 26.3 Å². The molecule has 9 heteroatoms. The van der Waals surface area contributed by atoms with Gasteiger partial charge in [0, 0.05) is 37.3 Å². The van der Waals surface area contributed by atoms with Crippen LogP contribution in [-0.2, 0) is 9.53 Å². The van der Waals surface area contributed by atoms with E-state index in [1.807, 2.05) is 16.8 Å². The van der Waals surface area contributed by atoms with Crippen LogP contribution in [0.2, 0.25) is 0 Å². The number of nitrogens with zero attached hydrogens (tertiary/aromatic N) is 2. The highest BCUT2D eigenvalue weighted by Gasteiger charge is 2.45. The molecule has 5 rings (SSSR count). The lowest BCUT2D eigenvalue weighted by Gasteiger charge is -2.41. The number of nitrogens with one attached hydrogen (secondary N) is 2.